The molecule has 1 amide bonds. The second-order valence-corrected chi connectivity index (χ2v) is 10.0. The Hall–Kier alpha value is -3.35. The lowest BCUT2D eigenvalue weighted by Gasteiger charge is -2.11. The zero-order chi connectivity index (χ0) is 26.4. The van der Waals surface area contributed by atoms with Crippen LogP contribution in [0.1, 0.15) is 10.4 Å². The van der Waals surface area contributed by atoms with Gasteiger partial charge in [0.15, 0.2) is 5.15 Å². The highest BCUT2D eigenvalue weighted by molar-refractivity contribution is 7.89. The highest BCUT2D eigenvalue weighted by Gasteiger charge is 2.31. The van der Waals surface area contributed by atoms with Gasteiger partial charge in [-0.1, -0.05) is 41.4 Å². The van der Waals surface area contributed by atoms with E-state index in [1.54, 1.807) is 22.9 Å². The first-order valence-corrected chi connectivity index (χ1v) is 12.4. The molecule has 188 valence electrons. The minimum Gasteiger partial charge on any atom is -0.406 e. The Balaban J connectivity index is 1.71. The lowest BCUT2D eigenvalue weighted by Crippen LogP contribution is -2.30. The molecule has 0 atom stereocenters. The van der Waals surface area contributed by atoms with Crippen molar-refractivity contribution in [2.24, 2.45) is 0 Å². The predicted octanol–water partition coefficient (Wildman–Crippen LogP) is 5.73. The average molecular weight is 562 g/mol. The van der Waals surface area contributed by atoms with Crippen LogP contribution in [0.25, 0.3) is 27.7 Å². The molecule has 1 heterocycles. The molecule has 1 aromatic heterocycles. The monoisotopic (exact) mass is 561 g/mol. The largest absolute Gasteiger partial charge is 0.573 e. The van der Waals surface area contributed by atoms with Gasteiger partial charge in [0.25, 0.3) is 5.91 Å². The molecule has 4 aromatic rings. The first kappa shape index (κ1) is 25.7. The Morgan fingerprint density at radius 2 is 1.67 bits per heavy atom. The molecule has 0 bridgehead atoms. The molecule has 3 aromatic carbocycles. The van der Waals surface area contributed by atoms with Crippen LogP contribution in [-0.4, -0.2) is 36.7 Å². The number of carbonyl (C=O) groups is 1. The van der Waals surface area contributed by atoms with Gasteiger partial charge >= 0.3 is 6.36 Å². The molecule has 0 radical (unpaired) electrons. The molecule has 0 aliphatic rings. The van der Waals surface area contributed by atoms with Crippen LogP contribution in [0.5, 0.6) is 5.75 Å². The first-order chi connectivity index (χ1) is 16.7. The minimum absolute atomic E-state index is 0.0271. The van der Waals surface area contributed by atoms with Crippen molar-refractivity contribution in [2.75, 3.05) is 6.26 Å². The van der Waals surface area contributed by atoms with Crippen molar-refractivity contribution in [3.05, 3.63) is 76.2 Å². The van der Waals surface area contributed by atoms with Crippen molar-refractivity contribution >= 4 is 50.0 Å². The second kappa shape index (κ2) is 9.26. The Labute approximate surface area is 211 Å². The summed E-state index contributed by atoms with van der Waals surface area (Å²) in [6.45, 7) is 0. The Morgan fingerprint density at radius 3 is 2.28 bits per heavy atom. The zero-order valence-electron chi connectivity index (χ0n) is 17.9. The lowest BCUT2D eigenvalue weighted by molar-refractivity contribution is -0.274. The molecule has 4 rings (SSSR count). The Bertz CT molecular complexity index is 1600. The van der Waals surface area contributed by atoms with Crippen molar-refractivity contribution in [3.8, 4) is 22.6 Å². The predicted molar refractivity (Wildman–Crippen MR) is 125 cm³/mol. The van der Waals surface area contributed by atoms with Crippen LogP contribution < -0.4 is 9.46 Å². The van der Waals surface area contributed by atoms with Crippen LogP contribution in [0, 0.1) is 5.82 Å². The van der Waals surface area contributed by atoms with Crippen LogP contribution >= 0.6 is 23.2 Å². The number of carbonyl (C=O) groups excluding carboxylic acids is 1. The van der Waals surface area contributed by atoms with E-state index in [9.17, 15) is 30.8 Å². The molecular weight excluding hydrogens is 549 g/mol. The number of benzene rings is 3. The summed E-state index contributed by atoms with van der Waals surface area (Å²) in [6, 6.07) is 12.0. The summed E-state index contributed by atoms with van der Waals surface area (Å²) in [7, 11) is -3.93. The van der Waals surface area contributed by atoms with E-state index in [2.05, 4.69) is 9.84 Å². The van der Waals surface area contributed by atoms with Gasteiger partial charge < -0.3 is 4.74 Å². The minimum atomic E-state index is -4.81. The Morgan fingerprint density at radius 1 is 1.03 bits per heavy atom. The number of fused-ring (bicyclic) bond motifs is 1. The van der Waals surface area contributed by atoms with Gasteiger partial charge in [-0.15, -0.1) is 13.2 Å². The van der Waals surface area contributed by atoms with E-state index in [0.29, 0.717) is 22.0 Å². The first-order valence-electron chi connectivity index (χ1n) is 9.78. The molecular formula is C22H13Cl2F4N3O4S. The lowest BCUT2D eigenvalue weighted by atomic mass is 10.0. The SMILES string of the molecule is CS(=O)(=O)NC(=O)c1cc(Cl)c(-n2nc(Cl)c3cc(-c4ccc(OC(F)(F)F)cc4)ccc32)cc1F. The van der Waals surface area contributed by atoms with E-state index < -0.39 is 33.7 Å². The topological polar surface area (TPSA) is 90.3 Å². The maximum absolute atomic E-state index is 14.7. The smallest absolute Gasteiger partial charge is 0.406 e. The normalized spacial score (nSPS) is 12.1. The average Bonchev–Trinajstić information content (AvgIpc) is 3.09. The van der Waals surface area contributed by atoms with Gasteiger partial charge in [0.2, 0.25) is 10.0 Å². The van der Waals surface area contributed by atoms with Crippen LogP contribution in [0.2, 0.25) is 10.2 Å². The third-order valence-electron chi connectivity index (χ3n) is 4.84. The van der Waals surface area contributed by atoms with Gasteiger partial charge in [-0.05, 0) is 41.5 Å². The highest BCUT2D eigenvalue weighted by Crippen LogP contribution is 2.34. The van der Waals surface area contributed by atoms with E-state index in [-0.39, 0.29) is 21.6 Å². The van der Waals surface area contributed by atoms with E-state index in [1.807, 2.05) is 0 Å². The summed E-state index contributed by atoms with van der Waals surface area (Å²) >= 11 is 12.5. The van der Waals surface area contributed by atoms with Gasteiger partial charge in [0.1, 0.15) is 11.6 Å². The zero-order valence-corrected chi connectivity index (χ0v) is 20.2. The molecule has 14 heteroatoms. The van der Waals surface area contributed by atoms with Crippen molar-refractivity contribution in [1.29, 1.82) is 0 Å². The van der Waals surface area contributed by atoms with Crippen LogP contribution in [0.4, 0.5) is 17.6 Å². The van der Waals surface area contributed by atoms with Crippen molar-refractivity contribution in [2.45, 2.75) is 6.36 Å². The summed E-state index contributed by atoms with van der Waals surface area (Å²) in [5.74, 6) is -2.61. The molecule has 36 heavy (non-hydrogen) atoms. The van der Waals surface area contributed by atoms with Gasteiger partial charge in [-0.25, -0.2) is 22.2 Å². The number of rotatable bonds is 5. The van der Waals surface area contributed by atoms with Gasteiger partial charge in [0.05, 0.1) is 28.0 Å². The van der Waals surface area contributed by atoms with Crippen LogP contribution in [0.15, 0.2) is 54.6 Å². The quantitative estimate of drug-likeness (QED) is 0.314. The fraction of sp³-hybridized carbons (Fsp3) is 0.0909. The number of alkyl halides is 3. The van der Waals surface area contributed by atoms with Crippen molar-refractivity contribution in [1.82, 2.24) is 14.5 Å². The van der Waals surface area contributed by atoms with Crippen LogP contribution in [-0.2, 0) is 10.0 Å². The molecule has 0 aliphatic carbocycles. The fourth-order valence-corrected chi connectivity index (χ4v) is 4.31. The fourth-order valence-electron chi connectivity index (χ4n) is 3.39. The molecule has 0 aliphatic heterocycles. The van der Waals surface area contributed by atoms with E-state index in [1.165, 1.54) is 28.9 Å². The van der Waals surface area contributed by atoms with E-state index in [0.717, 1.165) is 18.4 Å². The number of hydrogen-bond acceptors (Lipinski definition) is 5. The molecule has 0 fully saturated rings. The number of aromatic nitrogens is 2. The number of amides is 1. The van der Waals surface area contributed by atoms with Gasteiger partial charge in [-0.2, -0.15) is 5.10 Å². The molecule has 0 spiro atoms. The highest BCUT2D eigenvalue weighted by atomic mass is 35.5. The van der Waals surface area contributed by atoms with Gasteiger partial charge in [-0.3, -0.25) is 4.79 Å². The molecule has 1 N–H and O–H groups in total. The standard InChI is InChI=1S/C22H13Cl2F4N3O4S/c1-36(33,34)30-21(32)14-9-16(23)19(10-17(14)25)31-18-7-4-12(8-15(18)20(24)29-31)11-2-5-13(6-3-11)35-22(26,27)28/h2-10H,1H3,(H,30,32). The third kappa shape index (κ3) is 5.55. The number of hydrogen-bond donors (Lipinski definition) is 1. The summed E-state index contributed by atoms with van der Waals surface area (Å²) in [4.78, 5) is 12.1. The van der Waals surface area contributed by atoms with E-state index in [4.69, 9.17) is 23.2 Å². The van der Waals surface area contributed by atoms with E-state index >= 15 is 0 Å². The number of nitrogens with zero attached hydrogens (tertiary/aromatic N) is 2. The summed E-state index contributed by atoms with van der Waals surface area (Å²) < 4.78 is 81.2. The van der Waals surface area contributed by atoms with Crippen LogP contribution in [0.3, 0.4) is 0 Å². The third-order valence-corrected chi connectivity index (χ3v) is 5.98. The molecule has 7 nitrogen and oxygen atoms in total. The number of sulfonamides is 1. The Kier molecular flexibility index (Phi) is 6.62. The molecule has 0 saturated heterocycles. The van der Waals surface area contributed by atoms with Crippen molar-refractivity contribution < 1.29 is 35.5 Å². The maximum Gasteiger partial charge on any atom is 0.573 e. The molecule has 0 unspecified atom stereocenters. The number of halogens is 6. The summed E-state index contributed by atoms with van der Waals surface area (Å²) in [6.07, 6.45) is -4.06. The maximum atomic E-state index is 14.7. The second-order valence-electron chi connectivity index (χ2n) is 7.49. The van der Waals surface area contributed by atoms with Crippen molar-refractivity contribution in [3.63, 3.8) is 0 Å². The van der Waals surface area contributed by atoms with Gasteiger partial charge in [0, 0.05) is 11.5 Å². The summed E-state index contributed by atoms with van der Waals surface area (Å²) in [5, 5.41) is 4.52. The number of nitrogens with one attached hydrogen (secondary N) is 1. The number of ether oxygens (including phenoxy) is 1. The summed E-state index contributed by atoms with van der Waals surface area (Å²) in [5.41, 5.74) is 1.03. The molecule has 0 saturated carbocycles.